The van der Waals surface area contributed by atoms with Crippen molar-refractivity contribution in [2.75, 3.05) is 27.4 Å². The maximum Gasteiger partial charge on any atom is 0.293 e. The summed E-state index contributed by atoms with van der Waals surface area (Å²) < 4.78 is 16.3. The predicted octanol–water partition coefficient (Wildman–Crippen LogP) is 5.09. The number of rotatable bonds is 7. The number of carbonyl (C=O) groups excluding carboxylic acids is 2. The Bertz CT molecular complexity index is 1020. The van der Waals surface area contributed by atoms with E-state index in [1.165, 1.54) is 19.1 Å². The van der Waals surface area contributed by atoms with Crippen molar-refractivity contribution in [1.29, 1.82) is 0 Å². The first-order chi connectivity index (χ1) is 14.3. The van der Waals surface area contributed by atoms with Crippen LogP contribution in [0.3, 0.4) is 0 Å². The molecular formula is C22H22ClNO5S. The van der Waals surface area contributed by atoms with E-state index in [0.29, 0.717) is 27.0 Å². The topological polar surface area (TPSA) is 65.1 Å². The van der Waals surface area contributed by atoms with Gasteiger partial charge in [0.05, 0.1) is 30.7 Å². The van der Waals surface area contributed by atoms with Crippen LogP contribution >= 0.6 is 23.4 Å². The molecule has 0 radical (unpaired) electrons. The highest BCUT2D eigenvalue weighted by atomic mass is 35.5. The minimum absolute atomic E-state index is 0.162. The minimum atomic E-state index is -0.375. The number of aryl methyl sites for hydroxylation is 2. The van der Waals surface area contributed by atoms with Crippen molar-refractivity contribution in [3.63, 3.8) is 0 Å². The normalized spacial score (nSPS) is 15.1. The van der Waals surface area contributed by atoms with Gasteiger partial charge in [-0.05, 0) is 60.5 Å². The van der Waals surface area contributed by atoms with Gasteiger partial charge in [-0.15, -0.1) is 0 Å². The van der Waals surface area contributed by atoms with Crippen LogP contribution in [0.25, 0.3) is 6.08 Å². The molecule has 1 aliphatic rings. The Labute approximate surface area is 184 Å². The van der Waals surface area contributed by atoms with Gasteiger partial charge in [0.25, 0.3) is 11.1 Å². The smallest absolute Gasteiger partial charge is 0.293 e. The van der Waals surface area contributed by atoms with Gasteiger partial charge in [-0.25, -0.2) is 0 Å². The van der Waals surface area contributed by atoms with Crippen LogP contribution in [0.2, 0.25) is 5.02 Å². The average Bonchev–Trinajstić information content (AvgIpc) is 2.98. The first kappa shape index (κ1) is 22.1. The number of halogens is 1. The first-order valence-corrected chi connectivity index (χ1v) is 10.4. The highest BCUT2D eigenvalue weighted by Crippen LogP contribution is 2.37. The van der Waals surface area contributed by atoms with Crippen molar-refractivity contribution in [1.82, 2.24) is 4.90 Å². The van der Waals surface area contributed by atoms with E-state index >= 15 is 0 Å². The van der Waals surface area contributed by atoms with E-state index in [0.717, 1.165) is 28.6 Å². The number of ether oxygens (including phenoxy) is 3. The second-order valence-electron chi connectivity index (χ2n) is 6.68. The van der Waals surface area contributed by atoms with Gasteiger partial charge in [-0.3, -0.25) is 14.5 Å². The number of imide groups is 1. The van der Waals surface area contributed by atoms with Crippen LogP contribution in [-0.2, 0) is 4.79 Å². The lowest BCUT2D eigenvalue weighted by atomic mass is 10.1. The highest BCUT2D eigenvalue weighted by molar-refractivity contribution is 8.18. The van der Waals surface area contributed by atoms with E-state index in [2.05, 4.69) is 0 Å². The van der Waals surface area contributed by atoms with Crippen LogP contribution in [0.5, 0.6) is 17.2 Å². The summed E-state index contributed by atoms with van der Waals surface area (Å²) in [5.74, 6) is 1.33. The molecule has 30 heavy (non-hydrogen) atoms. The minimum Gasteiger partial charge on any atom is -0.493 e. The SMILES string of the molecule is COc1cc(Cl)c(/C=C2\SC(=O)N(CCOc3cc(C)ccc3C)C2=O)cc1OC. The summed E-state index contributed by atoms with van der Waals surface area (Å²) in [7, 11) is 3.03. The van der Waals surface area contributed by atoms with Crippen LogP contribution in [0, 0.1) is 13.8 Å². The molecule has 1 heterocycles. The number of nitrogens with zero attached hydrogens (tertiary/aromatic N) is 1. The summed E-state index contributed by atoms with van der Waals surface area (Å²) >= 11 is 7.17. The molecule has 1 saturated heterocycles. The standard InChI is InChI=1S/C22H22ClNO5S/c1-13-5-6-14(2)17(9-13)29-8-7-24-21(25)20(30-22(24)26)11-15-10-18(27-3)19(28-4)12-16(15)23/h5-6,9-12H,7-8H2,1-4H3/b20-11-. The molecule has 0 N–H and O–H groups in total. The molecule has 1 aliphatic heterocycles. The molecule has 0 spiro atoms. The molecule has 8 heteroatoms. The number of amides is 2. The van der Waals surface area contributed by atoms with E-state index in [-0.39, 0.29) is 24.3 Å². The zero-order chi connectivity index (χ0) is 21.8. The summed E-state index contributed by atoms with van der Waals surface area (Å²) in [5, 5.41) is 0.0464. The van der Waals surface area contributed by atoms with Crippen molar-refractivity contribution in [3.8, 4) is 17.2 Å². The Hall–Kier alpha value is -2.64. The molecule has 2 aromatic rings. The molecule has 0 unspecified atom stereocenters. The summed E-state index contributed by atoms with van der Waals surface area (Å²) in [6.07, 6.45) is 1.58. The van der Waals surface area contributed by atoms with Crippen molar-refractivity contribution < 1.29 is 23.8 Å². The fourth-order valence-electron chi connectivity index (χ4n) is 2.92. The molecule has 6 nitrogen and oxygen atoms in total. The van der Waals surface area contributed by atoms with Crippen molar-refractivity contribution >= 4 is 40.6 Å². The molecule has 0 aliphatic carbocycles. The third kappa shape index (κ3) is 4.74. The highest BCUT2D eigenvalue weighted by Gasteiger charge is 2.35. The quantitative estimate of drug-likeness (QED) is 0.551. The average molecular weight is 448 g/mol. The van der Waals surface area contributed by atoms with Crippen LogP contribution < -0.4 is 14.2 Å². The molecule has 0 saturated carbocycles. The Kier molecular flexibility index (Phi) is 6.95. The van der Waals surface area contributed by atoms with Gasteiger partial charge >= 0.3 is 0 Å². The summed E-state index contributed by atoms with van der Waals surface area (Å²) in [6, 6.07) is 9.18. The monoisotopic (exact) mass is 447 g/mol. The van der Waals surface area contributed by atoms with E-state index in [1.807, 2.05) is 32.0 Å². The molecule has 1 fully saturated rings. The fraction of sp³-hybridized carbons (Fsp3) is 0.273. The van der Waals surface area contributed by atoms with Gasteiger partial charge in [-0.1, -0.05) is 23.7 Å². The lowest BCUT2D eigenvalue weighted by molar-refractivity contribution is -0.123. The Balaban J connectivity index is 1.72. The van der Waals surface area contributed by atoms with Crippen LogP contribution in [0.15, 0.2) is 35.2 Å². The van der Waals surface area contributed by atoms with Gasteiger partial charge in [0.1, 0.15) is 12.4 Å². The number of hydrogen-bond acceptors (Lipinski definition) is 6. The number of benzene rings is 2. The molecule has 2 aromatic carbocycles. The number of thioether (sulfide) groups is 1. The molecular weight excluding hydrogens is 426 g/mol. The van der Waals surface area contributed by atoms with Crippen molar-refractivity contribution in [2.24, 2.45) is 0 Å². The number of methoxy groups -OCH3 is 2. The number of carbonyl (C=O) groups is 2. The molecule has 0 aromatic heterocycles. The van der Waals surface area contributed by atoms with E-state index in [4.69, 9.17) is 25.8 Å². The van der Waals surface area contributed by atoms with Crippen molar-refractivity contribution in [2.45, 2.75) is 13.8 Å². The third-order valence-electron chi connectivity index (χ3n) is 4.58. The second kappa shape index (κ2) is 9.45. The molecule has 0 bridgehead atoms. The van der Waals surface area contributed by atoms with Gasteiger partial charge in [0.15, 0.2) is 11.5 Å². The van der Waals surface area contributed by atoms with E-state index < -0.39 is 0 Å². The lowest BCUT2D eigenvalue weighted by Gasteiger charge is -2.14. The fourth-order valence-corrected chi connectivity index (χ4v) is 3.99. The third-order valence-corrected chi connectivity index (χ3v) is 5.81. The summed E-state index contributed by atoms with van der Waals surface area (Å²) in [4.78, 5) is 26.6. The summed E-state index contributed by atoms with van der Waals surface area (Å²) in [5.41, 5.74) is 2.64. The van der Waals surface area contributed by atoms with Crippen LogP contribution in [0.1, 0.15) is 16.7 Å². The van der Waals surface area contributed by atoms with Crippen LogP contribution in [-0.4, -0.2) is 43.4 Å². The molecule has 158 valence electrons. The largest absolute Gasteiger partial charge is 0.493 e. The Morgan fingerprint density at radius 3 is 2.43 bits per heavy atom. The molecule has 2 amide bonds. The summed E-state index contributed by atoms with van der Waals surface area (Å²) in [6.45, 7) is 4.30. The van der Waals surface area contributed by atoms with Gasteiger partial charge < -0.3 is 14.2 Å². The number of hydrogen-bond donors (Lipinski definition) is 0. The predicted molar refractivity (Wildman–Crippen MR) is 119 cm³/mol. The molecule has 0 atom stereocenters. The van der Waals surface area contributed by atoms with E-state index in [1.54, 1.807) is 18.2 Å². The second-order valence-corrected chi connectivity index (χ2v) is 8.08. The van der Waals surface area contributed by atoms with Gasteiger partial charge in [0, 0.05) is 6.07 Å². The Morgan fingerprint density at radius 1 is 1.03 bits per heavy atom. The lowest BCUT2D eigenvalue weighted by Crippen LogP contribution is -2.32. The van der Waals surface area contributed by atoms with Gasteiger partial charge in [0.2, 0.25) is 0 Å². The van der Waals surface area contributed by atoms with Gasteiger partial charge in [-0.2, -0.15) is 0 Å². The zero-order valence-corrected chi connectivity index (χ0v) is 18.7. The maximum absolute atomic E-state index is 12.7. The van der Waals surface area contributed by atoms with Crippen molar-refractivity contribution in [3.05, 3.63) is 56.9 Å². The first-order valence-electron chi connectivity index (χ1n) is 9.21. The maximum atomic E-state index is 12.7. The van der Waals surface area contributed by atoms with E-state index in [9.17, 15) is 9.59 Å². The molecule has 3 rings (SSSR count). The van der Waals surface area contributed by atoms with Crippen LogP contribution in [0.4, 0.5) is 4.79 Å². The Morgan fingerprint density at radius 2 is 1.73 bits per heavy atom. The zero-order valence-electron chi connectivity index (χ0n) is 17.2.